The summed E-state index contributed by atoms with van der Waals surface area (Å²) >= 11 is 0. The van der Waals surface area contributed by atoms with Gasteiger partial charge < -0.3 is 52.8 Å². The standard InChI is InChI=1S/C30H38O17/c1-13(31)39-11-21-25(41-15(3)33)27(23(38)24(45-21)19-7-9-20(37)10-8-19)47-30-29(44-18(6)36)28(43-17(5)35)26(42-16(4)34)22(46-30)12-40-14(2)32/h7-10,21-30,37-38H,11-12H2,1-6H3/t21-,22-,23-,24-,25-,26-,27-,28-,29-,30-/m1/s1. The number of phenolic OH excluding ortho intramolecular Hbond substituents is 1. The maximum Gasteiger partial charge on any atom is 0.303 e. The second-order valence-corrected chi connectivity index (χ2v) is 10.7. The van der Waals surface area contributed by atoms with E-state index in [-0.39, 0.29) is 5.75 Å². The summed E-state index contributed by atoms with van der Waals surface area (Å²) in [5.41, 5.74) is 0.333. The third kappa shape index (κ3) is 10.3. The Morgan fingerprint density at radius 3 is 1.49 bits per heavy atom. The number of carbonyl (C=O) groups is 6. The van der Waals surface area contributed by atoms with Crippen molar-refractivity contribution < 1.29 is 81.6 Å². The minimum Gasteiger partial charge on any atom is -0.508 e. The summed E-state index contributed by atoms with van der Waals surface area (Å²) in [4.78, 5) is 72.2. The van der Waals surface area contributed by atoms with Gasteiger partial charge in [-0.25, -0.2) is 0 Å². The minimum absolute atomic E-state index is 0.0846. The van der Waals surface area contributed by atoms with Gasteiger partial charge in [-0.05, 0) is 17.7 Å². The molecule has 0 bridgehead atoms. The lowest BCUT2D eigenvalue weighted by atomic mass is 9.90. The van der Waals surface area contributed by atoms with Crippen molar-refractivity contribution in [3.63, 3.8) is 0 Å². The lowest BCUT2D eigenvalue weighted by Crippen LogP contribution is -2.66. The van der Waals surface area contributed by atoms with Crippen molar-refractivity contribution >= 4 is 35.8 Å². The number of ether oxygens (including phenoxy) is 9. The maximum atomic E-state index is 12.3. The van der Waals surface area contributed by atoms with E-state index in [9.17, 15) is 39.0 Å². The molecule has 10 atom stereocenters. The van der Waals surface area contributed by atoms with Crippen LogP contribution in [-0.4, -0.2) is 114 Å². The van der Waals surface area contributed by atoms with Crippen LogP contribution in [0.2, 0.25) is 0 Å². The summed E-state index contributed by atoms with van der Waals surface area (Å²) in [5, 5.41) is 21.4. The molecule has 0 amide bonds. The zero-order valence-electron chi connectivity index (χ0n) is 26.5. The lowest BCUT2D eigenvalue weighted by molar-refractivity contribution is -0.345. The van der Waals surface area contributed by atoms with Crippen LogP contribution in [0.15, 0.2) is 24.3 Å². The predicted octanol–water partition coefficient (Wildman–Crippen LogP) is 0.156. The van der Waals surface area contributed by atoms with Gasteiger partial charge in [0.2, 0.25) is 0 Å². The second-order valence-electron chi connectivity index (χ2n) is 10.7. The average Bonchev–Trinajstić information content (AvgIpc) is 2.96. The van der Waals surface area contributed by atoms with Gasteiger partial charge in [0, 0.05) is 41.5 Å². The minimum atomic E-state index is -1.76. The Kier molecular flexibility index (Phi) is 13.0. The fourth-order valence-corrected chi connectivity index (χ4v) is 5.14. The Balaban J connectivity index is 2.13. The van der Waals surface area contributed by atoms with E-state index >= 15 is 0 Å². The summed E-state index contributed by atoms with van der Waals surface area (Å²) in [6.07, 6.45) is -15.1. The number of hydrogen-bond acceptors (Lipinski definition) is 17. The van der Waals surface area contributed by atoms with Crippen LogP contribution in [0.25, 0.3) is 0 Å². The first-order valence-electron chi connectivity index (χ1n) is 14.5. The number of aliphatic hydroxyl groups is 1. The van der Waals surface area contributed by atoms with Crippen molar-refractivity contribution in [2.24, 2.45) is 0 Å². The van der Waals surface area contributed by atoms with Crippen molar-refractivity contribution in [3.8, 4) is 5.75 Å². The average molecular weight is 671 g/mol. The van der Waals surface area contributed by atoms with Gasteiger partial charge in [0.15, 0.2) is 30.7 Å². The third-order valence-corrected chi connectivity index (χ3v) is 6.87. The van der Waals surface area contributed by atoms with E-state index in [1.54, 1.807) is 0 Å². The van der Waals surface area contributed by atoms with Crippen LogP contribution in [0.4, 0.5) is 0 Å². The molecular weight excluding hydrogens is 632 g/mol. The number of phenols is 1. The van der Waals surface area contributed by atoms with E-state index < -0.39 is 110 Å². The highest BCUT2D eigenvalue weighted by Gasteiger charge is 2.56. The maximum absolute atomic E-state index is 12.3. The SMILES string of the molecule is CC(=O)OC[C@H]1O[C@H](O[C@@H]2[C@H](O)[C@@H](c3ccc(O)cc3)O[C@H](COC(C)=O)[C@H]2OC(C)=O)[C@H](OC(C)=O)[C@H](OC(C)=O)[C@@H]1OC(C)=O. The van der Waals surface area contributed by atoms with Crippen molar-refractivity contribution in [2.45, 2.75) is 103 Å². The van der Waals surface area contributed by atoms with E-state index in [1.165, 1.54) is 24.3 Å². The van der Waals surface area contributed by atoms with Gasteiger partial charge in [0.05, 0.1) is 0 Å². The van der Waals surface area contributed by atoms with Crippen LogP contribution in [0.1, 0.15) is 53.2 Å². The topological polar surface area (TPSA) is 226 Å². The number of benzene rings is 1. The number of hydrogen-bond donors (Lipinski definition) is 2. The molecular formula is C30H38O17. The molecule has 47 heavy (non-hydrogen) atoms. The summed E-state index contributed by atoms with van der Waals surface area (Å²) in [7, 11) is 0. The van der Waals surface area contributed by atoms with E-state index in [0.717, 1.165) is 41.5 Å². The first kappa shape index (κ1) is 37.1. The summed E-state index contributed by atoms with van der Waals surface area (Å²) in [6, 6.07) is 5.56. The monoisotopic (exact) mass is 670 g/mol. The van der Waals surface area contributed by atoms with E-state index in [2.05, 4.69) is 0 Å². The molecule has 2 N–H and O–H groups in total. The quantitative estimate of drug-likeness (QED) is 0.236. The van der Waals surface area contributed by atoms with Crippen LogP contribution >= 0.6 is 0 Å². The second kappa shape index (κ2) is 16.5. The fraction of sp³-hybridized carbons (Fsp3) is 0.600. The first-order valence-corrected chi connectivity index (χ1v) is 14.5. The highest BCUT2D eigenvalue weighted by Crippen LogP contribution is 2.39. The normalized spacial score (nSPS) is 30.3. The summed E-state index contributed by atoms with van der Waals surface area (Å²) in [6.45, 7) is 5.45. The van der Waals surface area contributed by atoms with Gasteiger partial charge in [-0.15, -0.1) is 0 Å². The molecule has 2 heterocycles. The molecule has 2 saturated heterocycles. The Labute approximate surface area is 269 Å². The Morgan fingerprint density at radius 2 is 1.02 bits per heavy atom. The van der Waals surface area contributed by atoms with Crippen LogP contribution < -0.4 is 0 Å². The third-order valence-electron chi connectivity index (χ3n) is 6.87. The molecule has 0 aromatic heterocycles. The molecule has 0 aliphatic carbocycles. The Bertz CT molecular complexity index is 1300. The van der Waals surface area contributed by atoms with Crippen LogP contribution in [0.3, 0.4) is 0 Å². The predicted molar refractivity (Wildman–Crippen MR) is 151 cm³/mol. The molecule has 3 rings (SSSR count). The van der Waals surface area contributed by atoms with Crippen LogP contribution in [-0.2, 0) is 71.4 Å². The zero-order valence-corrected chi connectivity index (χ0v) is 26.5. The Morgan fingerprint density at radius 1 is 0.596 bits per heavy atom. The van der Waals surface area contributed by atoms with Gasteiger partial charge in [0.25, 0.3) is 0 Å². The highest BCUT2D eigenvalue weighted by molar-refractivity contribution is 5.69. The summed E-state index contributed by atoms with van der Waals surface area (Å²) < 4.78 is 50.2. The molecule has 0 spiro atoms. The molecule has 2 fully saturated rings. The number of aromatic hydroxyl groups is 1. The molecule has 17 nitrogen and oxygen atoms in total. The van der Waals surface area contributed by atoms with Gasteiger partial charge in [-0.2, -0.15) is 0 Å². The molecule has 1 aromatic rings. The number of esters is 6. The number of carbonyl (C=O) groups excluding carboxylic acids is 6. The molecule has 17 heteroatoms. The molecule has 0 radical (unpaired) electrons. The van der Waals surface area contributed by atoms with Gasteiger partial charge in [-0.1, -0.05) is 12.1 Å². The smallest absolute Gasteiger partial charge is 0.303 e. The van der Waals surface area contributed by atoms with Gasteiger partial charge in [-0.3, -0.25) is 28.8 Å². The fourth-order valence-electron chi connectivity index (χ4n) is 5.14. The summed E-state index contributed by atoms with van der Waals surface area (Å²) in [5.74, 6) is -4.98. The number of rotatable bonds is 11. The van der Waals surface area contributed by atoms with Gasteiger partial charge in [0.1, 0.15) is 49.5 Å². The largest absolute Gasteiger partial charge is 0.508 e. The van der Waals surface area contributed by atoms with Crippen LogP contribution in [0, 0.1) is 0 Å². The molecule has 2 aliphatic rings. The highest BCUT2D eigenvalue weighted by atomic mass is 16.7. The molecule has 260 valence electrons. The molecule has 0 saturated carbocycles. The van der Waals surface area contributed by atoms with Crippen molar-refractivity contribution in [1.29, 1.82) is 0 Å². The number of aliphatic hydroxyl groups excluding tert-OH is 1. The first-order chi connectivity index (χ1) is 22.1. The van der Waals surface area contributed by atoms with E-state index in [0.29, 0.717) is 5.56 Å². The van der Waals surface area contributed by atoms with Crippen molar-refractivity contribution in [1.82, 2.24) is 0 Å². The van der Waals surface area contributed by atoms with Crippen molar-refractivity contribution in [2.75, 3.05) is 13.2 Å². The Hall–Kier alpha value is -4.32. The zero-order chi connectivity index (χ0) is 35.0. The van der Waals surface area contributed by atoms with Crippen LogP contribution in [0.5, 0.6) is 5.75 Å². The molecule has 2 aliphatic heterocycles. The molecule has 1 aromatic carbocycles. The van der Waals surface area contributed by atoms with E-state index in [4.69, 9.17) is 42.6 Å². The van der Waals surface area contributed by atoms with Crippen molar-refractivity contribution in [3.05, 3.63) is 29.8 Å². The van der Waals surface area contributed by atoms with Gasteiger partial charge >= 0.3 is 35.8 Å². The van der Waals surface area contributed by atoms with E-state index in [1.807, 2.05) is 0 Å². The lowest BCUT2D eigenvalue weighted by Gasteiger charge is -2.48. The molecule has 0 unspecified atom stereocenters.